The van der Waals surface area contributed by atoms with E-state index in [-0.39, 0.29) is 0 Å². The summed E-state index contributed by atoms with van der Waals surface area (Å²) in [5.74, 6) is 2.59. The molecule has 1 aromatic carbocycles. The second kappa shape index (κ2) is 4.10. The zero-order chi connectivity index (χ0) is 11.0. The lowest BCUT2D eigenvalue weighted by atomic mass is 9.90. The van der Waals surface area contributed by atoms with Crippen molar-refractivity contribution in [2.45, 2.75) is 31.2 Å². The molecule has 86 valence electrons. The van der Waals surface area contributed by atoms with E-state index in [1.807, 2.05) is 0 Å². The summed E-state index contributed by atoms with van der Waals surface area (Å²) < 4.78 is 5.76. The fourth-order valence-corrected chi connectivity index (χ4v) is 2.72. The van der Waals surface area contributed by atoms with E-state index in [0.717, 1.165) is 18.3 Å². The fraction of sp³-hybridized carbons (Fsp3) is 0.571. The molecule has 0 amide bonds. The summed E-state index contributed by atoms with van der Waals surface area (Å²) in [6, 6.07) is 9.04. The lowest BCUT2D eigenvalue weighted by Crippen LogP contribution is -2.33. The topological polar surface area (TPSA) is 21.3 Å². The van der Waals surface area contributed by atoms with Crippen LogP contribution in [0.2, 0.25) is 0 Å². The van der Waals surface area contributed by atoms with E-state index in [1.165, 1.54) is 24.8 Å². The Morgan fingerprint density at radius 2 is 2.19 bits per heavy atom. The summed E-state index contributed by atoms with van der Waals surface area (Å²) in [5, 5.41) is 3.48. The van der Waals surface area contributed by atoms with Crippen LogP contribution in [0.15, 0.2) is 24.3 Å². The van der Waals surface area contributed by atoms with Gasteiger partial charge in [-0.25, -0.2) is 0 Å². The van der Waals surface area contributed by atoms with Gasteiger partial charge in [0.1, 0.15) is 5.75 Å². The number of ether oxygens (including phenoxy) is 1. The molecule has 1 heterocycles. The number of nitrogens with one attached hydrogen (secondary N) is 1. The molecular formula is C14H19NO. The molecule has 2 heteroatoms. The molecule has 2 nitrogen and oxygen atoms in total. The molecule has 2 unspecified atom stereocenters. The fourth-order valence-electron chi connectivity index (χ4n) is 2.72. The van der Waals surface area contributed by atoms with E-state index in [0.29, 0.717) is 12.0 Å². The van der Waals surface area contributed by atoms with Gasteiger partial charge in [0.25, 0.3) is 0 Å². The van der Waals surface area contributed by atoms with Gasteiger partial charge in [-0.05, 0) is 25.5 Å². The van der Waals surface area contributed by atoms with Gasteiger partial charge >= 0.3 is 0 Å². The number of hydrogen-bond acceptors (Lipinski definition) is 2. The normalized spacial score (nSPS) is 24.9. The Bertz CT molecular complexity index is 373. The number of fused-ring (bicyclic) bond motifs is 1. The third-order valence-corrected chi connectivity index (χ3v) is 3.88. The molecule has 0 saturated heterocycles. The summed E-state index contributed by atoms with van der Waals surface area (Å²) in [7, 11) is 2.08. The van der Waals surface area contributed by atoms with Crippen molar-refractivity contribution < 1.29 is 4.74 Å². The number of hydrogen-bond donors (Lipinski definition) is 1. The maximum atomic E-state index is 5.76. The van der Waals surface area contributed by atoms with Crippen molar-refractivity contribution in [3.05, 3.63) is 29.8 Å². The largest absolute Gasteiger partial charge is 0.493 e. The second-order valence-corrected chi connectivity index (χ2v) is 5.03. The summed E-state index contributed by atoms with van der Waals surface area (Å²) in [6.45, 7) is 0.845. The summed E-state index contributed by atoms with van der Waals surface area (Å²) in [4.78, 5) is 0. The van der Waals surface area contributed by atoms with E-state index in [2.05, 4.69) is 36.6 Å². The number of benzene rings is 1. The van der Waals surface area contributed by atoms with Crippen molar-refractivity contribution in [2.75, 3.05) is 13.7 Å². The van der Waals surface area contributed by atoms with Crippen molar-refractivity contribution >= 4 is 0 Å². The third kappa shape index (κ3) is 1.82. The van der Waals surface area contributed by atoms with Crippen LogP contribution in [0.4, 0.5) is 0 Å². The van der Waals surface area contributed by atoms with Crippen LogP contribution in [-0.4, -0.2) is 19.7 Å². The highest BCUT2D eigenvalue weighted by Crippen LogP contribution is 2.41. The van der Waals surface area contributed by atoms with E-state index in [4.69, 9.17) is 4.74 Å². The molecule has 0 bridgehead atoms. The minimum absolute atomic E-state index is 0.543. The van der Waals surface area contributed by atoms with Gasteiger partial charge in [0.15, 0.2) is 0 Å². The zero-order valence-corrected chi connectivity index (χ0v) is 9.78. The average molecular weight is 217 g/mol. The van der Waals surface area contributed by atoms with Gasteiger partial charge in [0, 0.05) is 17.5 Å². The Morgan fingerprint density at radius 3 is 2.94 bits per heavy atom. The van der Waals surface area contributed by atoms with Crippen LogP contribution >= 0.6 is 0 Å². The van der Waals surface area contributed by atoms with E-state index < -0.39 is 0 Å². The Morgan fingerprint density at radius 1 is 1.38 bits per heavy atom. The van der Waals surface area contributed by atoms with Gasteiger partial charge in [0.2, 0.25) is 0 Å². The van der Waals surface area contributed by atoms with Crippen molar-refractivity contribution in [3.63, 3.8) is 0 Å². The summed E-state index contributed by atoms with van der Waals surface area (Å²) in [6.07, 6.45) is 4.15. The number of para-hydroxylation sites is 1. The first-order valence-corrected chi connectivity index (χ1v) is 6.27. The number of rotatable bonds is 4. The maximum Gasteiger partial charge on any atom is 0.122 e. The highest BCUT2D eigenvalue weighted by molar-refractivity contribution is 5.40. The Hall–Kier alpha value is -1.02. The smallest absolute Gasteiger partial charge is 0.122 e. The lowest BCUT2D eigenvalue weighted by Gasteiger charge is -2.22. The quantitative estimate of drug-likeness (QED) is 0.837. The molecule has 0 radical (unpaired) electrons. The molecular weight excluding hydrogens is 198 g/mol. The molecule has 1 fully saturated rings. The monoisotopic (exact) mass is 217 g/mol. The van der Waals surface area contributed by atoms with Gasteiger partial charge in [-0.1, -0.05) is 31.0 Å². The van der Waals surface area contributed by atoms with Crippen LogP contribution in [0, 0.1) is 5.92 Å². The highest BCUT2D eigenvalue weighted by Gasteiger charge is 2.34. The molecule has 2 aliphatic rings. The molecule has 0 spiro atoms. The summed E-state index contributed by atoms with van der Waals surface area (Å²) >= 11 is 0. The molecule has 1 saturated carbocycles. The van der Waals surface area contributed by atoms with Gasteiger partial charge < -0.3 is 10.1 Å². The molecule has 2 atom stereocenters. The first kappa shape index (κ1) is 10.2. The van der Waals surface area contributed by atoms with Gasteiger partial charge in [-0.15, -0.1) is 0 Å². The average Bonchev–Trinajstić information content (AvgIpc) is 3.04. The van der Waals surface area contributed by atoms with Crippen LogP contribution in [0.25, 0.3) is 0 Å². The Kier molecular flexibility index (Phi) is 2.60. The Balaban J connectivity index is 1.78. The predicted octanol–water partition coefficient (Wildman–Crippen LogP) is 2.55. The third-order valence-electron chi connectivity index (χ3n) is 3.88. The SMILES string of the molecule is CNC(CC1CC1)C1COc2ccccc21. The predicted molar refractivity (Wildman–Crippen MR) is 64.9 cm³/mol. The van der Waals surface area contributed by atoms with Gasteiger partial charge in [0.05, 0.1) is 6.61 Å². The highest BCUT2D eigenvalue weighted by atomic mass is 16.5. The van der Waals surface area contributed by atoms with Crippen LogP contribution in [0.1, 0.15) is 30.7 Å². The summed E-state index contributed by atoms with van der Waals surface area (Å²) in [5.41, 5.74) is 1.39. The Labute approximate surface area is 97.0 Å². The molecule has 1 aromatic rings. The molecule has 0 aromatic heterocycles. The van der Waals surface area contributed by atoms with Gasteiger partial charge in [-0.3, -0.25) is 0 Å². The molecule has 1 aliphatic heterocycles. The molecule has 16 heavy (non-hydrogen) atoms. The second-order valence-electron chi connectivity index (χ2n) is 5.03. The van der Waals surface area contributed by atoms with Gasteiger partial charge in [-0.2, -0.15) is 0 Å². The number of likely N-dealkylation sites (N-methyl/N-ethyl adjacent to an activating group) is 1. The standard InChI is InChI=1S/C14H19NO/c1-15-13(8-10-6-7-10)12-9-16-14-5-3-2-4-11(12)14/h2-5,10,12-13,15H,6-9H2,1H3. The molecule has 3 rings (SSSR count). The van der Waals surface area contributed by atoms with Crippen LogP contribution in [0.5, 0.6) is 5.75 Å². The molecule has 1 aliphatic carbocycles. The first-order valence-electron chi connectivity index (χ1n) is 6.27. The van der Waals surface area contributed by atoms with Crippen LogP contribution in [0.3, 0.4) is 0 Å². The maximum absolute atomic E-state index is 5.76. The minimum atomic E-state index is 0.543. The zero-order valence-electron chi connectivity index (χ0n) is 9.78. The van der Waals surface area contributed by atoms with Crippen molar-refractivity contribution in [2.24, 2.45) is 5.92 Å². The van der Waals surface area contributed by atoms with E-state index in [9.17, 15) is 0 Å². The van der Waals surface area contributed by atoms with Crippen LogP contribution in [-0.2, 0) is 0 Å². The lowest BCUT2D eigenvalue weighted by molar-refractivity contribution is 0.293. The van der Waals surface area contributed by atoms with E-state index in [1.54, 1.807) is 0 Å². The van der Waals surface area contributed by atoms with Crippen molar-refractivity contribution in [1.82, 2.24) is 5.32 Å². The van der Waals surface area contributed by atoms with Crippen molar-refractivity contribution in [3.8, 4) is 5.75 Å². The minimum Gasteiger partial charge on any atom is -0.493 e. The molecule has 1 N–H and O–H groups in total. The first-order chi connectivity index (χ1) is 7.88. The van der Waals surface area contributed by atoms with Crippen molar-refractivity contribution in [1.29, 1.82) is 0 Å². The van der Waals surface area contributed by atoms with E-state index >= 15 is 0 Å². The van der Waals surface area contributed by atoms with Crippen LogP contribution < -0.4 is 10.1 Å².